The smallest absolute Gasteiger partial charge is 0.347 e. The number of phenols is 1. The van der Waals surface area contributed by atoms with Gasteiger partial charge in [0.15, 0.2) is 0 Å². The first-order chi connectivity index (χ1) is 23.8. The number of ether oxygens (including phenoxy) is 2. The van der Waals surface area contributed by atoms with Crippen molar-refractivity contribution in [3.8, 4) is 5.75 Å². The SMILES string of the molecule is CN(CCCOCCCCCCNC[C@H](O)c1ccc(O)c2[nH]c(=O)ccc12)C1CCC(OC(C(=O)O)(c2cccs2)c2cccs2)CC1. The Morgan fingerprint density at radius 1 is 0.980 bits per heavy atom. The number of aliphatic hydroxyl groups excluding tert-OH is 1. The molecule has 0 amide bonds. The monoisotopic (exact) mass is 711 g/mol. The van der Waals surface area contributed by atoms with E-state index < -0.39 is 17.7 Å². The van der Waals surface area contributed by atoms with E-state index in [0.717, 1.165) is 84.1 Å². The molecule has 0 bridgehead atoms. The highest BCUT2D eigenvalue weighted by Gasteiger charge is 2.48. The molecule has 3 heterocycles. The fourth-order valence-corrected chi connectivity index (χ4v) is 8.53. The Morgan fingerprint density at radius 3 is 2.35 bits per heavy atom. The number of fused-ring (bicyclic) bond motifs is 1. The van der Waals surface area contributed by atoms with Crippen LogP contribution in [0.15, 0.2) is 64.1 Å². The molecule has 1 fully saturated rings. The molecule has 0 radical (unpaired) electrons. The Hall–Kier alpha value is -3.10. The molecule has 12 heteroatoms. The maximum absolute atomic E-state index is 12.7. The molecule has 0 spiro atoms. The van der Waals surface area contributed by atoms with Gasteiger partial charge in [-0.05, 0) is 99.1 Å². The Morgan fingerprint density at radius 2 is 1.67 bits per heavy atom. The number of pyridine rings is 1. The van der Waals surface area contributed by atoms with E-state index in [0.29, 0.717) is 38.8 Å². The van der Waals surface area contributed by atoms with Gasteiger partial charge in [0, 0.05) is 43.8 Å². The van der Waals surface area contributed by atoms with Gasteiger partial charge in [-0.1, -0.05) is 31.0 Å². The highest BCUT2D eigenvalue weighted by molar-refractivity contribution is 7.12. The molecule has 49 heavy (non-hydrogen) atoms. The Bertz CT molecular complexity index is 1600. The zero-order valence-electron chi connectivity index (χ0n) is 28.1. The van der Waals surface area contributed by atoms with Crippen LogP contribution >= 0.6 is 22.7 Å². The van der Waals surface area contributed by atoms with Crippen molar-refractivity contribution in [2.45, 2.75) is 81.6 Å². The minimum absolute atomic E-state index is 0.0132. The van der Waals surface area contributed by atoms with Gasteiger partial charge in [0.1, 0.15) is 5.75 Å². The minimum Gasteiger partial charge on any atom is -0.506 e. The second-order valence-corrected chi connectivity index (χ2v) is 14.8. The summed E-state index contributed by atoms with van der Waals surface area (Å²) in [6.45, 7) is 3.66. The summed E-state index contributed by atoms with van der Waals surface area (Å²) in [4.78, 5) is 30.8. The summed E-state index contributed by atoms with van der Waals surface area (Å²) in [5.41, 5.74) is -0.731. The van der Waals surface area contributed by atoms with Crippen molar-refractivity contribution in [1.29, 1.82) is 0 Å². The van der Waals surface area contributed by atoms with Crippen LogP contribution in [0.5, 0.6) is 5.75 Å². The number of aliphatic carboxylic acids is 1. The van der Waals surface area contributed by atoms with Gasteiger partial charge in [-0.15, -0.1) is 22.7 Å². The van der Waals surface area contributed by atoms with E-state index in [-0.39, 0.29) is 17.4 Å². The fourth-order valence-electron chi connectivity index (χ4n) is 6.72. The quantitative estimate of drug-likeness (QED) is 0.0674. The van der Waals surface area contributed by atoms with Crippen LogP contribution in [0.2, 0.25) is 0 Å². The molecule has 3 aromatic heterocycles. The molecule has 1 saturated carbocycles. The number of aromatic nitrogens is 1. The number of carboxylic acid groups (broad SMARTS) is 1. The maximum Gasteiger partial charge on any atom is 0.347 e. The van der Waals surface area contributed by atoms with Crippen LogP contribution in [0, 0.1) is 0 Å². The normalized spacial score (nSPS) is 17.5. The van der Waals surface area contributed by atoms with Crippen LogP contribution in [0.4, 0.5) is 0 Å². The van der Waals surface area contributed by atoms with Gasteiger partial charge < -0.3 is 40.0 Å². The number of phenolic OH excluding ortho intramolecular Hbond substituents is 1. The van der Waals surface area contributed by atoms with E-state index in [2.05, 4.69) is 22.2 Å². The first kappa shape index (κ1) is 37.2. The highest BCUT2D eigenvalue weighted by atomic mass is 32.1. The third-order valence-corrected chi connectivity index (χ3v) is 11.4. The predicted molar refractivity (Wildman–Crippen MR) is 195 cm³/mol. The summed E-state index contributed by atoms with van der Waals surface area (Å²) < 4.78 is 12.4. The van der Waals surface area contributed by atoms with E-state index in [1.54, 1.807) is 12.1 Å². The first-order valence-corrected chi connectivity index (χ1v) is 19.1. The molecular formula is C37H49N3O7S2. The number of thiophene rings is 2. The van der Waals surface area contributed by atoms with Gasteiger partial charge in [-0.25, -0.2) is 4.79 Å². The summed E-state index contributed by atoms with van der Waals surface area (Å²) >= 11 is 2.86. The molecule has 0 unspecified atom stereocenters. The van der Waals surface area contributed by atoms with Crippen LogP contribution in [-0.2, 0) is 19.9 Å². The molecule has 10 nitrogen and oxygen atoms in total. The minimum atomic E-state index is -1.44. The number of H-pyrrole nitrogens is 1. The average molecular weight is 712 g/mol. The number of benzene rings is 1. The van der Waals surface area contributed by atoms with Gasteiger partial charge in [-0.3, -0.25) is 4.79 Å². The van der Waals surface area contributed by atoms with Crippen molar-refractivity contribution < 1.29 is 29.6 Å². The van der Waals surface area contributed by atoms with Crippen molar-refractivity contribution in [2.24, 2.45) is 0 Å². The number of unbranched alkanes of at least 4 members (excludes halogenated alkanes) is 3. The molecule has 1 aromatic carbocycles. The van der Waals surface area contributed by atoms with Gasteiger partial charge in [0.25, 0.3) is 0 Å². The number of nitrogens with zero attached hydrogens (tertiary/aromatic N) is 1. The van der Waals surface area contributed by atoms with Crippen LogP contribution in [0.3, 0.4) is 0 Å². The second-order valence-electron chi connectivity index (χ2n) is 12.9. The third-order valence-electron chi connectivity index (χ3n) is 9.44. The average Bonchev–Trinajstić information content (AvgIpc) is 3.84. The van der Waals surface area contributed by atoms with Crippen LogP contribution in [0.1, 0.15) is 79.2 Å². The molecule has 4 aromatic rings. The van der Waals surface area contributed by atoms with E-state index in [1.165, 1.54) is 34.8 Å². The van der Waals surface area contributed by atoms with Crippen LogP contribution in [-0.4, -0.2) is 83.2 Å². The summed E-state index contributed by atoms with van der Waals surface area (Å²) in [5.74, 6) is -0.968. The van der Waals surface area contributed by atoms with E-state index in [1.807, 2.05) is 35.0 Å². The molecule has 1 aliphatic carbocycles. The number of rotatable bonds is 20. The number of aromatic hydroxyl groups is 1. The molecule has 1 aliphatic rings. The van der Waals surface area contributed by atoms with E-state index >= 15 is 0 Å². The van der Waals surface area contributed by atoms with Gasteiger partial charge in [-0.2, -0.15) is 0 Å². The number of aromatic amines is 1. The van der Waals surface area contributed by atoms with Crippen molar-refractivity contribution in [3.63, 3.8) is 0 Å². The summed E-state index contributed by atoms with van der Waals surface area (Å²) in [5, 5.41) is 38.9. The van der Waals surface area contributed by atoms with Crippen molar-refractivity contribution in [1.82, 2.24) is 15.2 Å². The number of nitrogens with one attached hydrogen (secondary N) is 2. The van der Waals surface area contributed by atoms with Gasteiger partial charge >= 0.3 is 5.97 Å². The lowest BCUT2D eigenvalue weighted by Crippen LogP contribution is -2.44. The number of hydrogen-bond acceptors (Lipinski definition) is 10. The second kappa shape index (κ2) is 18.2. The topological polar surface area (TPSA) is 144 Å². The lowest BCUT2D eigenvalue weighted by molar-refractivity contribution is -0.170. The standard InChI is InChI=1S/C37H49N3O7S2/c1-40(26-11-13-27(14-12-26)47-37(36(44)45,32-9-6-23-48-32)33-10-7-24-49-33)20-8-22-46-21-5-3-2-4-19-38-25-31(42)28-15-17-30(41)35-29(28)16-18-34(43)39-35/h6-7,9-10,15-18,23-24,26-27,31,38,41-42H,2-5,8,11-14,19-22,25H2,1H3,(H,39,43)(H,44,45)/t26?,27?,31-/m0/s1. The molecule has 0 aliphatic heterocycles. The number of carboxylic acids is 1. The zero-order valence-corrected chi connectivity index (χ0v) is 29.8. The molecule has 5 N–H and O–H groups in total. The molecular weight excluding hydrogens is 663 g/mol. The van der Waals surface area contributed by atoms with Crippen molar-refractivity contribution in [3.05, 3.63) is 85.0 Å². The largest absolute Gasteiger partial charge is 0.506 e. The Labute approximate surface area is 295 Å². The molecule has 266 valence electrons. The van der Waals surface area contributed by atoms with Crippen molar-refractivity contribution >= 4 is 39.5 Å². The Balaban J connectivity index is 0.903. The number of carbonyl (C=O) groups is 1. The molecule has 5 rings (SSSR count). The van der Waals surface area contributed by atoms with Gasteiger partial charge in [0.2, 0.25) is 11.2 Å². The number of aliphatic hydroxyl groups is 1. The van der Waals surface area contributed by atoms with Crippen LogP contribution in [0.25, 0.3) is 10.9 Å². The summed E-state index contributed by atoms with van der Waals surface area (Å²) in [6.07, 6.45) is 7.98. The van der Waals surface area contributed by atoms with E-state index in [9.17, 15) is 24.9 Å². The predicted octanol–water partition coefficient (Wildman–Crippen LogP) is 6.23. The van der Waals surface area contributed by atoms with Crippen LogP contribution < -0.4 is 10.9 Å². The highest BCUT2D eigenvalue weighted by Crippen LogP contribution is 2.42. The molecule has 1 atom stereocenters. The summed E-state index contributed by atoms with van der Waals surface area (Å²) in [7, 11) is 2.17. The zero-order chi connectivity index (χ0) is 34.6. The fraction of sp³-hybridized carbons (Fsp3) is 0.514. The van der Waals surface area contributed by atoms with Gasteiger partial charge in [0.05, 0.1) is 27.5 Å². The third kappa shape index (κ3) is 9.57. The maximum atomic E-state index is 12.7. The molecule has 0 saturated heterocycles. The Kier molecular flexibility index (Phi) is 13.8. The van der Waals surface area contributed by atoms with E-state index in [4.69, 9.17) is 9.47 Å². The summed E-state index contributed by atoms with van der Waals surface area (Å²) in [6, 6.07) is 14.2. The lowest BCUT2D eigenvalue weighted by atomic mass is 9.90. The van der Waals surface area contributed by atoms with Crippen molar-refractivity contribution in [2.75, 3.05) is 39.9 Å². The number of hydrogen-bond donors (Lipinski definition) is 5. The lowest BCUT2D eigenvalue weighted by Gasteiger charge is -2.38. The first-order valence-electron chi connectivity index (χ1n) is 17.3.